The van der Waals surface area contributed by atoms with E-state index in [1.165, 1.54) is 27.7 Å². The summed E-state index contributed by atoms with van der Waals surface area (Å²) in [7, 11) is 0. The molecule has 0 aliphatic carbocycles. The summed E-state index contributed by atoms with van der Waals surface area (Å²) in [6.07, 6.45) is 0. The molecule has 0 saturated heterocycles. The Morgan fingerprint density at radius 3 is 1.21 bits per heavy atom. The molecule has 0 heterocycles. The van der Waals surface area contributed by atoms with Crippen molar-refractivity contribution >= 4 is 11.9 Å². The first kappa shape index (κ1) is 12.9. The molecular weight excluding hydrogens is 192 g/mol. The Balaban J connectivity index is 4.10. The van der Waals surface area contributed by atoms with Crippen LogP contribution in [0.3, 0.4) is 0 Å². The molecule has 0 aromatic heterocycles. The average molecular weight is 206 g/mol. The molecule has 0 aliphatic heterocycles. The van der Waals surface area contributed by atoms with Crippen molar-refractivity contribution in [3.8, 4) is 0 Å². The van der Waals surface area contributed by atoms with Crippen molar-refractivity contribution in [2.45, 2.75) is 38.9 Å². The van der Waals surface area contributed by atoms with Crippen LogP contribution in [0.2, 0.25) is 0 Å². The molecule has 0 bridgehead atoms. The molecule has 0 aromatic rings. The van der Waals surface area contributed by atoms with Crippen molar-refractivity contribution in [1.29, 1.82) is 0 Å². The molecule has 2 N–H and O–H groups in total. The molecule has 6 heteroatoms. The van der Waals surface area contributed by atoms with Gasteiger partial charge in [-0.1, -0.05) is 0 Å². The van der Waals surface area contributed by atoms with Gasteiger partial charge in [0, 0.05) is 0 Å². The van der Waals surface area contributed by atoms with Gasteiger partial charge < -0.3 is 10.2 Å². The minimum absolute atomic E-state index is 1.12. The van der Waals surface area contributed by atoms with E-state index in [-0.39, 0.29) is 0 Å². The van der Waals surface area contributed by atoms with E-state index >= 15 is 0 Å². The van der Waals surface area contributed by atoms with Crippen molar-refractivity contribution in [3.63, 3.8) is 0 Å². The molecule has 0 unspecified atom stereocenters. The fourth-order valence-electron chi connectivity index (χ4n) is 0.280. The van der Waals surface area contributed by atoms with Gasteiger partial charge in [0.2, 0.25) is 0 Å². The summed E-state index contributed by atoms with van der Waals surface area (Å²) in [4.78, 5) is 29.7. The zero-order chi connectivity index (χ0) is 11.6. The second-order valence-corrected chi connectivity index (χ2v) is 3.86. The zero-order valence-corrected chi connectivity index (χ0v) is 8.53. The summed E-state index contributed by atoms with van der Waals surface area (Å²) < 4.78 is 0. The van der Waals surface area contributed by atoms with Crippen molar-refractivity contribution < 1.29 is 29.6 Å². The minimum Gasteiger partial charge on any atom is -0.379 e. The molecule has 0 aromatic carbocycles. The zero-order valence-electron chi connectivity index (χ0n) is 8.53. The van der Waals surface area contributed by atoms with Crippen LogP contribution in [0.5, 0.6) is 0 Å². The quantitative estimate of drug-likeness (QED) is 0.468. The molecule has 0 atom stereocenters. The monoisotopic (exact) mass is 206 g/mol. The van der Waals surface area contributed by atoms with Crippen molar-refractivity contribution in [1.82, 2.24) is 0 Å². The molecule has 6 nitrogen and oxygen atoms in total. The predicted molar refractivity (Wildman–Crippen MR) is 44.8 cm³/mol. The third-order valence-electron chi connectivity index (χ3n) is 1.19. The molecule has 0 saturated carbocycles. The second-order valence-electron chi connectivity index (χ2n) is 3.86. The van der Waals surface area contributed by atoms with Crippen LogP contribution < -0.4 is 0 Å². The van der Waals surface area contributed by atoms with Crippen LogP contribution in [-0.2, 0) is 19.4 Å². The Bertz CT molecular complexity index is 205. The maximum absolute atomic E-state index is 10.9. The number of aliphatic hydroxyl groups is 2. The number of hydrogen-bond donors (Lipinski definition) is 2. The summed E-state index contributed by atoms with van der Waals surface area (Å²) in [6, 6.07) is 0. The van der Waals surface area contributed by atoms with Crippen LogP contribution in [0.1, 0.15) is 27.7 Å². The Morgan fingerprint density at radius 1 is 0.857 bits per heavy atom. The van der Waals surface area contributed by atoms with Gasteiger partial charge in [0.1, 0.15) is 0 Å². The first-order valence-corrected chi connectivity index (χ1v) is 3.93. The van der Waals surface area contributed by atoms with Gasteiger partial charge in [-0.15, -0.1) is 0 Å². The van der Waals surface area contributed by atoms with Gasteiger partial charge >= 0.3 is 11.9 Å². The number of hydrogen-bond acceptors (Lipinski definition) is 6. The number of rotatable bonds is 2. The molecule has 0 radical (unpaired) electrons. The van der Waals surface area contributed by atoms with E-state index in [0.29, 0.717) is 0 Å². The first-order chi connectivity index (χ1) is 6.05. The number of carbonyl (C=O) groups is 2. The molecule has 14 heavy (non-hydrogen) atoms. The van der Waals surface area contributed by atoms with E-state index < -0.39 is 23.1 Å². The molecule has 0 aliphatic rings. The lowest BCUT2D eigenvalue weighted by Crippen LogP contribution is -2.38. The second kappa shape index (κ2) is 3.93. The molecule has 0 amide bonds. The standard InChI is InChI=1S/C8H14O6/c1-7(2,11)5(9)13-14-6(10)8(3,4)12/h11-12H,1-4H3. The summed E-state index contributed by atoms with van der Waals surface area (Å²) in [5, 5.41) is 18.1. The minimum atomic E-state index is -1.75. The lowest BCUT2D eigenvalue weighted by atomic mass is 10.1. The lowest BCUT2D eigenvalue weighted by Gasteiger charge is -2.16. The average Bonchev–Trinajstić information content (AvgIpc) is 1.95. The lowest BCUT2D eigenvalue weighted by molar-refractivity contribution is -0.277. The van der Waals surface area contributed by atoms with Crippen LogP contribution in [0.15, 0.2) is 0 Å². The van der Waals surface area contributed by atoms with Gasteiger partial charge in [-0.2, -0.15) is 0 Å². The maximum Gasteiger partial charge on any atom is 0.386 e. The maximum atomic E-state index is 10.9. The topological polar surface area (TPSA) is 93.1 Å². The third kappa shape index (κ3) is 4.20. The molecule has 0 fully saturated rings. The Hall–Kier alpha value is -1.14. The summed E-state index contributed by atoms with van der Waals surface area (Å²) >= 11 is 0. The van der Waals surface area contributed by atoms with Gasteiger partial charge in [0.15, 0.2) is 11.2 Å². The fourth-order valence-corrected chi connectivity index (χ4v) is 0.280. The van der Waals surface area contributed by atoms with Crippen molar-refractivity contribution in [2.75, 3.05) is 0 Å². The highest BCUT2D eigenvalue weighted by molar-refractivity contribution is 5.81. The van der Waals surface area contributed by atoms with E-state index in [9.17, 15) is 9.59 Å². The largest absolute Gasteiger partial charge is 0.386 e. The van der Waals surface area contributed by atoms with Gasteiger partial charge in [0.05, 0.1) is 0 Å². The van der Waals surface area contributed by atoms with E-state index in [1.54, 1.807) is 0 Å². The summed E-state index contributed by atoms with van der Waals surface area (Å²) in [6.45, 7) is 4.70. The van der Waals surface area contributed by atoms with E-state index in [2.05, 4.69) is 9.78 Å². The summed E-state index contributed by atoms with van der Waals surface area (Å²) in [5.41, 5.74) is -3.50. The highest BCUT2D eigenvalue weighted by atomic mass is 17.2. The molecule has 82 valence electrons. The first-order valence-electron chi connectivity index (χ1n) is 3.93. The van der Waals surface area contributed by atoms with Crippen LogP contribution in [0.4, 0.5) is 0 Å². The third-order valence-corrected chi connectivity index (χ3v) is 1.19. The Labute approximate surface area is 81.4 Å². The van der Waals surface area contributed by atoms with Crippen molar-refractivity contribution in [2.24, 2.45) is 0 Å². The summed E-state index contributed by atoms with van der Waals surface area (Å²) in [5.74, 6) is -2.23. The Kier molecular flexibility index (Phi) is 3.61. The van der Waals surface area contributed by atoms with E-state index in [1.807, 2.05) is 0 Å². The molecule has 0 spiro atoms. The predicted octanol–water partition coefficient (Wildman–Crippen LogP) is -0.470. The van der Waals surface area contributed by atoms with Crippen LogP contribution in [0.25, 0.3) is 0 Å². The highest BCUT2D eigenvalue weighted by Gasteiger charge is 2.32. The normalized spacial score (nSPS) is 12.1. The SMILES string of the molecule is CC(C)(O)C(=O)OOC(=O)C(C)(C)O. The van der Waals surface area contributed by atoms with E-state index in [0.717, 1.165) is 0 Å². The van der Waals surface area contributed by atoms with Gasteiger partial charge in [-0.25, -0.2) is 19.4 Å². The van der Waals surface area contributed by atoms with Crippen molar-refractivity contribution in [3.05, 3.63) is 0 Å². The van der Waals surface area contributed by atoms with Crippen LogP contribution in [0, 0.1) is 0 Å². The highest BCUT2D eigenvalue weighted by Crippen LogP contribution is 2.08. The van der Waals surface area contributed by atoms with Gasteiger partial charge in [-0.3, -0.25) is 0 Å². The van der Waals surface area contributed by atoms with Crippen LogP contribution in [-0.4, -0.2) is 33.4 Å². The molecule has 0 rings (SSSR count). The van der Waals surface area contributed by atoms with Gasteiger partial charge in [-0.05, 0) is 27.7 Å². The molecular formula is C8H14O6. The Morgan fingerprint density at radius 2 is 1.07 bits per heavy atom. The smallest absolute Gasteiger partial charge is 0.379 e. The number of carbonyl (C=O) groups excluding carboxylic acids is 2. The fraction of sp³-hybridized carbons (Fsp3) is 0.750. The van der Waals surface area contributed by atoms with Gasteiger partial charge in [0.25, 0.3) is 0 Å². The van der Waals surface area contributed by atoms with Crippen LogP contribution >= 0.6 is 0 Å². The van der Waals surface area contributed by atoms with E-state index in [4.69, 9.17) is 10.2 Å².